The number of thiophene rings is 1. The monoisotopic (exact) mass is 238 g/mol. The molecule has 0 aromatic carbocycles. The number of nitrogens with one attached hydrogen (secondary N) is 2. The van der Waals surface area contributed by atoms with Gasteiger partial charge in [-0.3, -0.25) is 4.79 Å². The zero-order valence-corrected chi connectivity index (χ0v) is 10.6. The highest BCUT2D eigenvalue weighted by atomic mass is 32.1. The lowest BCUT2D eigenvalue weighted by Gasteiger charge is -2.27. The van der Waals surface area contributed by atoms with Crippen LogP contribution in [0.15, 0.2) is 12.1 Å². The molecular formula is C12H18N2OS. The Hall–Kier alpha value is -0.870. The lowest BCUT2D eigenvalue weighted by molar-refractivity contribution is -0.127. The van der Waals surface area contributed by atoms with Crippen LogP contribution in [0.3, 0.4) is 0 Å². The molecule has 4 heteroatoms. The van der Waals surface area contributed by atoms with E-state index in [1.165, 1.54) is 9.75 Å². The van der Waals surface area contributed by atoms with Crippen LogP contribution in [0.4, 0.5) is 0 Å². The number of hydrogen-bond acceptors (Lipinski definition) is 3. The predicted octanol–water partition coefficient (Wildman–Crippen LogP) is 1.32. The van der Waals surface area contributed by atoms with Gasteiger partial charge in [-0.25, -0.2) is 0 Å². The molecule has 1 amide bonds. The third-order valence-corrected chi connectivity index (χ3v) is 3.87. The summed E-state index contributed by atoms with van der Waals surface area (Å²) in [4.78, 5) is 14.4. The fraction of sp³-hybridized carbons (Fsp3) is 0.583. The Morgan fingerprint density at radius 1 is 1.62 bits per heavy atom. The van der Waals surface area contributed by atoms with Crippen LogP contribution in [0.2, 0.25) is 0 Å². The summed E-state index contributed by atoms with van der Waals surface area (Å²) in [5.41, 5.74) is 0. The van der Waals surface area contributed by atoms with E-state index in [9.17, 15) is 4.79 Å². The number of carbonyl (C=O) groups is 1. The van der Waals surface area contributed by atoms with Gasteiger partial charge in [0.05, 0.1) is 5.92 Å². The Labute approximate surface area is 100 Å². The molecule has 1 saturated heterocycles. The average Bonchev–Trinajstić information content (AvgIpc) is 2.47. The van der Waals surface area contributed by atoms with Gasteiger partial charge in [0.1, 0.15) is 0 Å². The van der Waals surface area contributed by atoms with Crippen molar-refractivity contribution in [2.75, 3.05) is 13.1 Å². The molecule has 1 aromatic heterocycles. The molecule has 2 heterocycles. The third kappa shape index (κ3) is 2.83. The summed E-state index contributed by atoms with van der Waals surface area (Å²) in [6.07, 6.45) is 0.935. The summed E-state index contributed by atoms with van der Waals surface area (Å²) in [5, 5.41) is 6.18. The minimum atomic E-state index is 0.188. The van der Waals surface area contributed by atoms with Crippen molar-refractivity contribution < 1.29 is 4.79 Å². The van der Waals surface area contributed by atoms with E-state index in [0.29, 0.717) is 0 Å². The van der Waals surface area contributed by atoms with Crippen molar-refractivity contribution in [1.29, 1.82) is 0 Å². The molecule has 1 aromatic rings. The van der Waals surface area contributed by atoms with Crippen LogP contribution in [0.1, 0.15) is 16.7 Å². The first-order valence-electron chi connectivity index (χ1n) is 5.71. The molecule has 2 N–H and O–H groups in total. The summed E-state index contributed by atoms with van der Waals surface area (Å²) in [7, 11) is 0. The van der Waals surface area contributed by atoms with Crippen LogP contribution in [0.5, 0.6) is 0 Å². The summed E-state index contributed by atoms with van der Waals surface area (Å²) >= 11 is 1.81. The summed E-state index contributed by atoms with van der Waals surface area (Å²) in [5.74, 6) is 0.382. The van der Waals surface area contributed by atoms with Crippen molar-refractivity contribution in [1.82, 2.24) is 10.6 Å². The topological polar surface area (TPSA) is 41.1 Å². The van der Waals surface area contributed by atoms with Crippen LogP contribution in [0.25, 0.3) is 0 Å². The molecule has 2 rings (SSSR count). The third-order valence-electron chi connectivity index (χ3n) is 2.84. The summed E-state index contributed by atoms with van der Waals surface area (Å²) in [6.45, 7) is 5.84. The minimum Gasteiger partial charge on any atom is -0.353 e. The molecule has 0 saturated carbocycles. The SMILES string of the molecule is Cc1ccc(CC(C)NC(=O)C2CNC2)s1. The van der Waals surface area contributed by atoms with E-state index < -0.39 is 0 Å². The van der Waals surface area contributed by atoms with E-state index >= 15 is 0 Å². The van der Waals surface area contributed by atoms with Crippen molar-refractivity contribution in [2.45, 2.75) is 26.3 Å². The second-order valence-corrected chi connectivity index (χ2v) is 5.85. The molecule has 1 unspecified atom stereocenters. The van der Waals surface area contributed by atoms with Crippen molar-refractivity contribution in [3.63, 3.8) is 0 Å². The van der Waals surface area contributed by atoms with Crippen LogP contribution in [-0.4, -0.2) is 25.0 Å². The van der Waals surface area contributed by atoms with E-state index in [-0.39, 0.29) is 17.9 Å². The van der Waals surface area contributed by atoms with Gasteiger partial charge in [0, 0.05) is 35.3 Å². The molecule has 0 bridgehead atoms. The van der Waals surface area contributed by atoms with Gasteiger partial charge in [-0.15, -0.1) is 11.3 Å². The zero-order chi connectivity index (χ0) is 11.5. The number of hydrogen-bond donors (Lipinski definition) is 2. The molecule has 0 radical (unpaired) electrons. The molecule has 3 nitrogen and oxygen atoms in total. The van der Waals surface area contributed by atoms with E-state index in [1.807, 2.05) is 11.3 Å². The molecule has 1 aliphatic heterocycles. The second-order valence-electron chi connectivity index (χ2n) is 4.48. The van der Waals surface area contributed by atoms with Crippen molar-refractivity contribution in [2.24, 2.45) is 5.92 Å². The highest BCUT2D eigenvalue weighted by Crippen LogP contribution is 2.16. The first-order chi connectivity index (χ1) is 7.65. The maximum Gasteiger partial charge on any atom is 0.225 e. The number of rotatable bonds is 4. The van der Waals surface area contributed by atoms with Crippen molar-refractivity contribution in [3.05, 3.63) is 21.9 Å². The van der Waals surface area contributed by atoms with Crippen LogP contribution in [0, 0.1) is 12.8 Å². The Balaban J connectivity index is 1.79. The van der Waals surface area contributed by atoms with Gasteiger partial charge >= 0.3 is 0 Å². The molecule has 16 heavy (non-hydrogen) atoms. The van der Waals surface area contributed by atoms with Gasteiger partial charge in [0.25, 0.3) is 0 Å². The Kier molecular flexibility index (Phi) is 3.61. The van der Waals surface area contributed by atoms with Gasteiger partial charge in [0.15, 0.2) is 0 Å². The Bertz CT molecular complexity index is 371. The maximum absolute atomic E-state index is 11.7. The van der Waals surface area contributed by atoms with Gasteiger partial charge in [-0.1, -0.05) is 0 Å². The Morgan fingerprint density at radius 3 is 2.88 bits per heavy atom. The number of amides is 1. The van der Waals surface area contributed by atoms with E-state index in [4.69, 9.17) is 0 Å². The second kappa shape index (κ2) is 4.97. The maximum atomic E-state index is 11.7. The predicted molar refractivity (Wildman–Crippen MR) is 66.7 cm³/mol. The fourth-order valence-electron chi connectivity index (χ4n) is 1.78. The van der Waals surface area contributed by atoms with Crippen LogP contribution >= 0.6 is 11.3 Å². The van der Waals surface area contributed by atoms with Crippen molar-refractivity contribution >= 4 is 17.2 Å². The zero-order valence-electron chi connectivity index (χ0n) is 9.75. The molecule has 1 atom stereocenters. The smallest absolute Gasteiger partial charge is 0.225 e. The standard InChI is InChI=1S/C12H18N2OS/c1-8(5-11-4-3-9(2)16-11)14-12(15)10-6-13-7-10/h3-4,8,10,13H,5-7H2,1-2H3,(H,14,15). The van der Waals surface area contributed by atoms with E-state index in [2.05, 4.69) is 36.6 Å². The van der Waals surface area contributed by atoms with E-state index in [0.717, 1.165) is 19.5 Å². The largest absolute Gasteiger partial charge is 0.353 e. The summed E-state index contributed by atoms with van der Waals surface area (Å²) in [6, 6.07) is 4.50. The van der Waals surface area contributed by atoms with E-state index in [1.54, 1.807) is 0 Å². The molecule has 1 aliphatic rings. The average molecular weight is 238 g/mol. The van der Waals surface area contributed by atoms with Crippen molar-refractivity contribution in [3.8, 4) is 0 Å². The van der Waals surface area contributed by atoms with Gasteiger partial charge in [-0.2, -0.15) is 0 Å². The fourth-order valence-corrected chi connectivity index (χ4v) is 2.80. The summed E-state index contributed by atoms with van der Waals surface area (Å²) < 4.78 is 0. The number of aryl methyl sites for hydroxylation is 1. The molecule has 0 aliphatic carbocycles. The quantitative estimate of drug-likeness (QED) is 0.830. The number of carbonyl (C=O) groups excluding carboxylic acids is 1. The van der Waals surface area contributed by atoms with Gasteiger partial charge in [0.2, 0.25) is 5.91 Å². The van der Waals surface area contributed by atoms with Crippen LogP contribution in [-0.2, 0) is 11.2 Å². The highest BCUT2D eigenvalue weighted by Gasteiger charge is 2.25. The Morgan fingerprint density at radius 2 is 2.38 bits per heavy atom. The lowest BCUT2D eigenvalue weighted by atomic mass is 10.0. The highest BCUT2D eigenvalue weighted by molar-refractivity contribution is 7.11. The van der Waals surface area contributed by atoms with Gasteiger partial charge in [-0.05, 0) is 26.0 Å². The molecular weight excluding hydrogens is 220 g/mol. The first-order valence-corrected chi connectivity index (χ1v) is 6.53. The molecule has 1 fully saturated rings. The van der Waals surface area contributed by atoms with Gasteiger partial charge < -0.3 is 10.6 Å². The normalized spacial score (nSPS) is 17.9. The minimum absolute atomic E-state index is 0.188. The molecule has 88 valence electrons. The first kappa shape index (κ1) is 11.6. The van der Waals surface area contributed by atoms with Crippen LogP contribution < -0.4 is 10.6 Å². The lowest BCUT2D eigenvalue weighted by Crippen LogP contribution is -2.52. The molecule has 0 spiro atoms.